The van der Waals surface area contributed by atoms with Gasteiger partial charge in [0.15, 0.2) is 0 Å². The lowest BCUT2D eigenvalue weighted by Gasteiger charge is -2.23. The first kappa shape index (κ1) is 20.3. The third-order valence-electron chi connectivity index (χ3n) is 5.69. The Morgan fingerprint density at radius 2 is 1.59 bits per heavy atom. The predicted octanol–water partition coefficient (Wildman–Crippen LogP) is 6.10. The van der Waals surface area contributed by atoms with Gasteiger partial charge in [0, 0.05) is 18.8 Å². The summed E-state index contributed by atoms with van der Waals surface area (Å²) in [5, 5.41) is 0. The molecule has 3 heteroatoms. The summed E-state index contributed by atoms with van der Waals surface area (Å²) in [7, 11) is 0. The fraction of sp³-hybridized carbons (Fsp3) is 0.542. The van der Waals surface area contributed by atoms with E-state index in [9.17, 15) is 4.79 Å². The van der Waals surface area contributed by atoms with Crippen LogP contribution in [0.1, 0.15) is 63.9 Å². The van der Waals surface area contributed by atoms with Crippen LogP contribution in [0.5, 0.6) is 0 Å². The molecule has 0 saturated carbocycles. The van der Waals surface area contributed by atoms with E-state index in [-0.39, 0.29) is 0 Å². The Balaban J connectivity index is 1.47. The van der Waals surface area contributed by atoms with Crippen molar-refractivity contribution in [3.05, 3.63) is 53.1 Å². The number of carbonyl (C=O) groups is 1. The van der Waals surface area contributed by atoms with Crippen molar-refractivity contribution in [1.82, 2.24) is 4.90 Å². The third kappa shape index (κ3) is 6.27. The van der Waals surface area contributed by atoms with Gasteiger partial charge in [0.1, 0.15) is 0 Å². The molecule has 0 bridgehead atoms. The van der Waals surface area contributed by atoms with Crippen LogP contribution in [0.3, 0.4) is 0 Å². The first-order valence-corrected chi connectivity index (χ1v) is 11.7. The number of nitrogens with zero attached hydrogens (tertiary/aromatic N) is 1. The highest BCUT2D eigenvalue weighted by atomic mass is 32.2. The van der Waals surface area contributed by atoms with Gasteiger partial charge in [-0.15, -0.1) is 11.8 Å². The summed E-state index contributed by atoms with van der Waals surface area (Å²) in [4.78, 5) is 14.8. The quantitative estimate of drug-likeness (QED) is 0.612. The van der Waals surface area contributed by atoms with Crippen LogP contribution >= 0.6 is 11.8 Å². The molecule has 1 fully saturated rings. The minimum atomic E-state index is 0.337. The molecule has 0 N–H and O–H groups in total. The van der Waals surface area contributed by atoms with E-state index in [0.717, 1.165) is 25.3 Å². The summed E-state index contributed by atoms with van der Waals surface area (Å²) in [5.41, 5.74) is 5.59. The first-order valence-electron chi connectivity index (χ1n) is 10.5. The van der Waals surface area contributed by atoms with Crippen molar-refractivity contribution >= 4 is 23.2 Å². The summed E-state index contributed by atoms with van der Waals surface area (Å²) in [6.07, 6.45) is 12.3. The van der Waals surface area contributed by atoms with Crippen molar-refractivity contribution in [3.8, 4) is 0 Å². The Bertz CT molecular complexity index is 667. The van der Waals surface area contributed by atoms with Gasteiger partial charge < -0.3 is 4.90 Å². The average molecular weight is 384 g/mol. The lowest BCUT2D eigenvalue weighted by Crippen LogP contribution is -2.34. The normalized spacial score (nSPS) is 19.1. The van der Waals surface area contributed by atoms with E-state index >= 15 is 0 Å². The summed E-state index contributed by atoms with van der Waals surface area (Å²) in [6, 6.07) is 10.6. The standard InChI is InChI=1S/C24H33NOS/c1-20-16-22(21-12-8-7-9-13-21)17-23(20)18-27-19-24(26)25-14-10-5-3-2-4-6-11-15-25/h7-9,12-13,17H,2-6,10-11,14-16,18-19H2,1H3. The fourth-order valence-corrected chi connectivity index (χ4v) is 4.99. The SMILES string of the molecule is CC1=C(CSCC(=O)N2CCCCCCCCC2)C=C(c2ccccc2)C1. The Kier molecular flexibility index (Phi) is 8.07. The van der Waals surface area contributed by atoms with E-state index in [1.807, 2.05) is 0 Å². The highest BCUT2D eigenvalue weighted by Gasteiger charge is 2.17. The summed E-state index contributed by atoms with van der Waals surface area (Å²) >= 11 is 1.78. The Morgan fingerprint density at radius 1 is 0.963 bits per heavy atom. The van der Waals surface area contributed by atoms with E-state index in [1.54, 1.807) is 11.8 Å². The molecular formula is C24H33NOS. The Labute approximate surface area is 169 Å². The molecule has 1 aliphatic carbocycles. The van der Waals surface area contributed by atoms with E-state index < -0.39 is 0 Å². The second-order valence-electron chi connectivity index (χ2n) is 7.87. The van der Waals surface area contributed by atoms with Crippen LogP contribution in [0.15, 0.2) is 47.6 Å². The van der Waals surface area contributed by atoms with Crippen molar-refractivity contribution in [2.24, 2.45) is 0 Å². The number of rotatable bonds is 5. The molecule has 3 rings (SSSR count). The Morgan fingerprint density at radius 3 is 2.26 bits per heavy atom. The molecule has 0 atom stereocenters. The monoisotopic (exact) mass is 383 g/mol. The molecule has 1 heterocycles. The van der Waals surface area contributed by atoms with E-state index in [0.29, 0.717) is 11.7 Å². The van der Waals surface area contributed by atoms with Crippen molar-refractivity contribution in [3.63, 3.8) is 0 Å². The highest BCUT2D eigenvalue weighted by molar-refractivity contribution is 8.00. The number of carbonyl (C=O) groups excluding carboxylic acids is 1. The molecule has 0 unspecified atom stereocenters. The molecule has 1 aromatic carbocycles. The van der Waals surface area contributed by atoms with Crippen LogP contribution < -0.4 is 0 Å². The van der Waals surface area contributed by atoms with E-state index in [2.05, 4.69) is 48.2 Å². The number of hydrogen-bond acceptors (Lipinski definition) is 2. The zero-order chi connectivity index (χ0) is 18.9. The molecule has 0 radical (unpaired) electrons. The van der Waals surface area contributed by atoms with Gasteiger partial charge in [0.25, 0.3) is 0 Å². The number of thioether (sulfide) groups is 1. The topological polar surface area (TPSA) is 20.3 Å². The van der Waals surface area contributed by atoms with Crippen molar-refractivity contribution < 1.29 is 4.79 Å². The number of benzene rings is 1. The minimum absolute atomic E-state index is 0.337. The van der Waals surface area contributed by atoms with Gasteiger partial charge in [-0.1, -0.05) is 74.1 Å². The lowest BCUT2D eigenvalue weighted by molar-refractivity contribution is -0.128. The molecule has 1 aliphatic heterocycles. The van der Waals surface area contributed by atoms with Crippen molar-refractivity contribution in [2.75, 3.05) is 24.6 Å². The third-order valence-corrected chi connectivity index (χ3v) is 6.65. The van der Waals surface area contributed by atoms with Gasteiger partial charge in [-0.2, -0.15) is 0 Å². The number of allylic oxidation sites excluding steroid dienone is 3. The van der Waals surface area contributed by atoms with Gasteiger partial charge in [-0.25, -0.2) is 0 Å². The van der Waals surface area contributed by atoms with Gasteiger partial charge in [0.05, 0.1) is 5.75 Å². The zero-order valence-corrected chi connectivity index (χ0v) is 17.5. The van der Waals surface area contributed by atoms with Gasteiger partial charge in [-0.05, 0) is 42.9 Å². The molecule has 0 spiro atoms. The maximum atomic E-state index is 12.7. The van der Waals surface area contributed by atoms with Gasteiger partial charge in [0.2, 0.25) is 5.91 Å². The molecule has 0 aromatic heterocycles. The highest BCUT2D eigenvalue weighted by Crippen LogP contribution is 2.33. The molecule has 1 amide bonds. The predicted molar refractivity (Wildman–Crippen MR) is 118 cm³/mol. The Hall–Kier alpha value is -1.48. The van der Waals surface area contributed by atoms with Crippen LogP contribution in [-0.4, -0.2) is 35.4 Å². The minimum Gasteiger partial charge on any atom is -0.342 e. The molecule has 2 nitrogen and oxygen atoms in total. The van der Waals surface area contributed by atoms with Crippen LogP contribution in [0, 0.1) is 0 Å². The fourth-order valence-electron chi connectivity index (χ4n) is 3.98. The number of hydrogen-bond donors (Lipinski definition) is 0. The van der Waals surface area contributed by atoms with Crippen LogP contribution in [-0.2, 0) is 4.79 Å². The largest absolute Gasteiger partial charge is 0.342 e. The summed E-state index contributed by atoms with van der Waals surface area (Å²) in [6.45, 7) is 4.15. The summed E-state index contributed by atoms with van der Waals surface area (Å²) in [5.74, 6) is 1.90. The average Bonchev–Trinajstić information content (AvgIpc) is 3.07. The first-order chi connectivity index (χ1) is 13.2. The van der Waals surface area contributed by atoms with Crippen molar-refractivity contribution in [2.45, 2.75) is 58.3 Å². The van der Waals surface area contributed by atoms with E-state index in [4.69, 9.17) is 0 Å². The second kappa shape index (κ2) is 10.8. The van der Waals surface area contributed by atoms with Gasteiger partial charge >= 0.3 is 0 Å². The lowest BCUT2D eigenvalue weighted by atomic mass is 10.0. The van der Waals surface area contributed by atoms with E-state index in [1.165, 1.54) is 67.2 Å². The molecule has 2 aliphatic rings. The second-order valence-corrected chi connectivity index (χ2v) is 8.85. The molecule has 1 saturated heterocycles. The van der Waals surface area contributed by atoms with Crippen LogP contribution in [0.2, 0.25) is 0 Å². The summed E-state index contributed by atoms with van der Waals surface area (Å²) < 4.78 is 0. The maximum Gasteiger partial charge on any atom is 0.232 e. The number of amides is 1. The molecule has 27 heavy (non-hydrogen) atoms. The van der Waals surface area contributed by atoms with Crippen LogP contribution in [0.4, 0.5) is 0 Å². The van der Waals surface area contributed by atoms with Crippen LogP contribution in [0.25, 0.3) is 5.57 Å². The smallest absolute Gasteiger partial charge is 0.232 e. The zero-order valence-electron chi connectivity index (χ0n) is 16.7. The molecule has 1 aromatic rings. The maximum absolute atomic E-state index is 12.7. The molecular weight excluding hydrogens is 350 g/mol. The van der Waals surface area contributed by atoms with Gasteiger partial charge in [-0.3, -0.25) is 4.79 Å². The molecule has 146 valence electrons. The van der Waals surface area contributed by atoms with Crippen molar-refractivity contribution in [1.29, 1.82) is 0 Å².